The molecule has 0 saturated heterocycles. The molecule has 6 heteroatoms. The average molecular weight is 330 g/mol. The molecule has 3 nitrogen and oxygen atoms in total. The number of nitrogens with one attached hydrogen (secondary N) is 1. The first-order chi connectivity index (χ1) is 9.39. The Morgan fingerprint density at radius 3 is 2.20 bits per heavy atom. The Morgan fingerprint density at radius 1 is 1.00 bits per heavy atom. The van der Waals surface area contributed by atoms with Crippen molar-refractivity contribution in [2.45, 2.75) is 12.7 Å². The van der Waals surface area contributed by atoms with E-state index >= 15 is 0 Å². The van der Waals surface area contributed by atoms with E-state index < -0.39 is 10.0 Å². The van der Waals surface area contributed by atoms with E-state index in [0.29, 0.717) is 21.3 Å². The molecule has 0 spiro atoms. The van der Waals surface area contributed by atoms with Gasteiger partial charge in [0.1, 0.15) is 0 Å². The maximum Gasteiger partial charge on any atom is 0.237 e. The Morgan fingerprint density at radius 2 is 1.60 bits per heavy atom. The van der Waals surface area contributed by atoms with Crippen LogP contribution in [0, 0.1) is 6.92 Å². The quantitative estimate of drug-likeness (QED) is 0.911. The lowest BCUT2D eigenvalue weighted by Gasteiger charge is -2.12. The number of para-hydroxylation sites is 1. The monoisotopic (exact) mass is 329 g/mol. The van der Waals surface area contributed by atoms with E-state index in [2.05, 4.69) is 4.72 Å². The second kappa shape index (κ2) is 6.04. The van der Waals surface area contributed by atoms with Gasteiger partial charge in [0.15, 0.2) is 0 Å². The van der Waals surface area contributed by atoms with Crippen molar-refractivity contribution in [3.05, 3.63) is 63.6 Å². The van der Waals surface area contributed by atoms with E-state index in [1.807, 2.05) is 19.1 Å². The second-order valence-corrected chi connectivity index (χ2v) is 6.91. The van der Waals surface area contributed by atoms with Crippen LogP contribution in [0.2, 0.25) is 10.0 Å². The minimum atomic E-state index is -3.57. The number of benzene rings is 2. The third-order valence-corrected chi connectivity index (χ3v) is 4.71. The molecule has 0 heterocycles. The minimum Gasteiger partial charge on any atom is -0.283 e. The van der Waals surface area contributed by atoms with Gasteiger partial charge in [0, 0.05) is 15.6 Å². The summed E-state index contributed by atoms with van der Waals surface area (Å²) in [6.45, 7) is 1.83. The van der Waals surface area contributed by atoms with Crippen LogP contribution >= 0.6 is 23.2 Å². The highest BCUT2D eigenvalue weighted by atomic mass is 35.5. The van der Waals surface area contributed by atoms with E-state index in [1.165, 1.54) is 0 Å². The summed E-state index contributed by atoms with van der Waals surface area (Å²) in [5.74, 6) is -0.264. The van der Waals surface area contributed by atoms with E-state index in [1.54, 1.807) is 30.3 Å². The molecule has 0 fully saturated rings. The van der Waals surface area contributed by atoms with Crippen LogP contribution in [-0.2, 0) is 15.8 Å². The molecule has 0 atom stereocenters. The Bertz CT molecular complexity index is 709. The van der Waals surface area contributed by atoms with Crippen LogP contribution in [-0.4, -0.2) is 8.42 Å². The lowest BCUT2D eigenvalue weighted by Crippen LogP contribution is -2.16. The average Bonchev–Trinajstić information content (AvgIpc) is 2.37. The summed E-state index contributed by atoms with van der Waals surface area (Å²) in [7, 11) is -3.57. The SMILES string of the molecule is Cc1ccccc1NS(=O)(=O)Cc1c(Cl)cccc1Cl. The van der Waals surface area contributed by atoms with Gasteiger partial charge in [-0.1, -0.05) is 47.5 Å². The van der Waals surface area contributed by atoms with Gasteiger partial charge in [-0.3, -0.25) is 4.72 Å². The lowest BCUT2D eigenvalue weighted by molar-refractivity contribution is 0.600. The van der Waals surface area contributed by atoms with Crippen LogP contribution in [0.5, 0.6) is 0 Å². The topological polar surface area (TPSA) is 46.2 Å². The number of hydrogen-bond donors (Lipinski definition) is 1. The van der Waals surface area contributed by atoms with Crippen molar-refractivity contribution in [2.24, 2.45) is 0 Å². The lowest BCUT2D eigenvalue weighted by atomic mass is 10.2. The van der Waals surface area contributed by atoms with Crippen molar-refractivity contribution < 1.29 is 8.42 Å². The Kier molecular flexibility index (Phi) is 4.58. The molecule has 2 aromatic carbocycles. The van der Waals surface area contributed by atoms with Gasteiger partial charge < -0.3 is 0 Å². The number of anilines is 1. The summed E-state index contributed by atoms with van der Waals surface area (Å²) in [5, 5.41) is 0.681. The Balaban J connectivity index is 2.27. The zero-order chi connectivity index (χ0) is 14.8. The van der Waals surface area contributed by atoms with Crippen molar-refractivity contribution >= 4 is 38.9 Å². The molecule has 0 aromatic heterocycles. The van der Waals surface area contributed by atoms with Crippen LogP contribution in [0.4, 0.5) is 5.69 Å². The Hall–Kier alpha value is -1.23. The van der Waals surface area contributed by atoms with Gasteiger partial charge in [-0.25, -0.2) is 8.42 Å². The number of aryl methyl sites for hydroxylation is 1. The van der Waals surface area contributed by atoms with Crippen LogP contribution in [0.1, 0.15) is 11.1 Å². The van der Waals surface area contributed by atoms with Gasteiger partial charge in [-0.15, -0.1) is 0 Å². The summed E-state index contributed by atoms with van der Waals surface area (Å²) in [4.78, 5) is 0. The molecule has 0 aliphatic rings. The molecule has 2 aromatic rings. The van der Waals surface area contributed by atoms with Gasteiger partial charge in [0.2, 0.25) is 10.0 Å². The first kappa shape index (κ1) is 15.2. The highest BCUT2D eigenvalue weighted by Gasteiger charge is 2.17. The van der Waals surface area contributed by atoms with Crippen molar-refractivity contribution in [1.29, 1.82) is 0 Å². The normalized spacial score (nSPS) is 11.3. The van der Waals surface area contributed by atoms with Gasteiger partial charge >= 0.3 is 0 Å². The largest absolute Gasteiger partial charge is 0.283 e. The third kappa shape index (κ3) is 3.66. The van der Waals surface area contributed by atoms with Crippen LogP contribution in [0.25, 0.3) is 0 Å². The smallest absolute Gasteiger partial charge is 0.237 e. The molecule has 0 unspecified atom stereocenters. The molecule has 20 heavy (non-hydrogen) atoms. The van der Waals surface area contributed by atoms with E-state index in [9.17, 15) is 8.42 Å². The first-order valence-electron chi connectivity index (χ1n) is 5.88. The van der Waals surface area contributed by atoms with Gasteiger partial charge in [-0.05, 0) is 30.7 Å². The minimum absolute atomic E-state index is 0.264. The summed E-state index contributed by atoms with van der Waals surface area (Å²) in [6.07, 6.45) is 0. The maximum atomic E-state index is 12.2. The van der Waals surface area contributed by atoms with Gasteiger partial charge in [0.05, 0.1) is 11.4 Å². The Labute approximate surface area is 128 Å². The number of hydrogen-bond acceptors (Lipinski definition) is 2. The summed E-state index contributed by atoms with van der Waals surface area (Å²) >= 11 is 12.0. The highest BCUT2D eigenvalue weighted by molar-refractivity contribution is 7.91. The fourth-order valence-corrected chi connectivity index (χ4v) is 3.77. The molecule has 0 radical (unpaired) electrons. The predicted octanol–water partition coefficient (Wildman–Crippen LogP) is 4.24. The fourth-order valence-electron chi connectivity index (χ4n) is 1.75. The van der Waals surface area contributed by atoms with Crippen LogP contribution in [0.15, 0.2) is 42.5 Å². The number of rotatable bonds is 4. The maximum absolute atomic E-state index is 12.2. The molecule has 0 aliphatic heterocycles. The molecular formula is C14H13Cl2NO2S. The molecule has 0 saturated carbocycles. The first-order valence-corrected chi connectivity index (χ1v) is 8.29. The molecule has 1 N–H and O–H groups in total. The predicted molar refractivity (Wildman–Crippen MR) is 83.9 cm³/mol. The molecule has 106 valence electrons. The van der Waals surface area contributed by atoms with Crippen LogP contribution < -0.4 is 4.72 Å². The summed E-state index contributed by atoms with van der Waals surface area (Å²) in [5.41, 5.74) is 1.80. The van der Waals surface area contributed by atoms with Crippen LogP contribution in [0.3, 0.4) is 0 Å². The van der Waals surface area contributed by atoms with E-state index in [-0.39, 0.29) is 5.75 Å². The molecular weight excluding hydrogens is 317 g/mol. The van der Waals surface area contributed by atoms with Gasteiger partial charge in [0.25, 0.3) is 0 Å². The third-order valence-electron chi connectivity index (χ3n) is 2.81. The van der Waals surface area contributed by atoms with E-state index in [4.69, 9.17) is 23.2 Å². The summed E-state index contributed by atoms with van der Waals surface area (Å²) < 4.78 is 26.9. The molecule has 2 rings (SSSR count). The van der Waals surface area contributed by atoms with E-state index in [0.717, 1.165) is 5.56 Å². The standard InChI is InChI=1S/C14H13Cl2NO2S/c1-10-5-2-3-8-14(10)17-20(18,19)9-11-12(15)6-4-7-13(11)16/h2-8,17H,9H2,1H3. The van der Waals surface area contributed by atoms with Crippen molar-refractivity contribution in [3.63, 3.8) is 0 Å². The molecule has 0 aliphatic carbocycles. The molecule has 0 bridgehead atoms. The zero-order valence-electron chi connectivity index (χ0n) is 10.7. The summed E-state index contributed by atoms with van der Waals surface area (Å²) in [6, 6.07) is 12.1. The second-order valence-electron chi connectivity index (χ2n) is 4.38. The highest BCUT2D eigenvalue weighted by Crippen LogP contribution is 2.27. The number of halogens is 2. The van der Waals surface area contributed by atoms with Crippen molar-refractivity contribution in [3.8, 4) is 0 Å². The number of sulfonamides is 1. The fraction of sp³-hybridized carbons (Fsp3) is 0.143. The zero-order valence-corrected chi connectivity index (χ0v) is 13.1. The molecule has 0 amide bonds. The van der Waals surface area contributed by atoms with Gasteiger partial charge in [-0.2, -0.15) is 0 Å². The van der Waals surface area contributed by atoms with Crippen molar-refractivity contribution in [2.75, 3.05) is 4.72 Å². The van der Waals surface area contributed by atoms with Crippen molar-refractivity contribution in [1.82, 2.24) is 0 Å².